The molecule has 0 heterocycles. The van der Waals surface area contributed by atoms with Crippen LogP contribution >= 0.6 is 0 Å². The van der Waals surface area contributed by atoms with E-state index in [-0.39, 0.29) is 18.5 Å². The number of hydrogen-bond donors (Lipinski definition) is 0. The zero-order chi connectivity index (χ0) is 12.8. The largest absolute Gasteiger partial charge is 0.465 e. The predicted molar refractivity (Wildman–Crippen MR) is 64.5 cm³/mol. The Labute approximate surface area is 101 Å². The van der Waals surface area contributed by atoms with Crippen LogP contribution in [-0.4, -0.2) is 37.5 Å². The molecule has 0 radical (unpaired) electrons. The lowest BCUT2D eigenvalue weighted by atomic mass is 9.99. The number of esters is 1. The number of carbonyl (C=O) groups excluding carboxylic acids is 2. The molecule has 1 amide bonds. The predicted octanol–water partition coefficient (Wildman–Crippen LogP) is 1.42. The lowest BCUT2D eigenvalue weighted by Crippen LogP contribution is -2.31. The monoisotopic (exact) mass is 235 g/mol. The Morgan fingerprint density at radius 3 is 2.29 bits per heavy atom. The zero-order valence-corrected chi connectivity index (χ0v) is 10.3. The molecule has 0 aliphatic heterocycles. The highest BCUT2D eigenvalue weighted by Crippen LogP contribution is 2.18. The van der Waals surface area contributed by atoms with Crippen molar-refractivity contribution in [3.8, 4) is 0 Å². The van der Waals surface area contributed by atoms with Gasteiger partial charge >= 0.3 is 5.97 Å². The van der Waals surface area contributed by atoms with Crippen molar-refractivity contribution in [3.05, 3.63) is 35.9 Å². The van der Waals surface area contributed by atoms with Crippen molar-refractivity contribution in [2.75, 3.05) is 20.7 Å². The van der Waals surface area contributed by atoms with Crippen molar-refractivity contribution < 1.29 is 14.3 Å². The number of amides is 1. The number of rotatable bonds is 4. The Morgan fingerprint density at radius 1 is 1.24 bits per heavy atom. The van der Waals surface area contributed by atoms with Crippen molar-refractivity contribution in [1.82, 2.24) is 4.90 Å². The summed E-state index contributed by atoms with van der Waals surface area (Å²) in [7, 11) is 3.37. The van der Waals surface area contributed by atoms with Crippen LogP contribution in [0.2, 0.25) is 0 Å². The lowest BCUT2D eigenvalue weighted by Gasteiger charge is -2.20. The molecular weight excluding hydrogens is 218 g/mol. The van der Waals surface area contributed by atoms with Crippen LogP contribution in [-0.2, 0) is 14.3 Å². The number of carbonyl (C=O) groups is 2. The van der Waals surface area contributed by atoms with Gasteiger partial charge in [0.15, 0.2) is 0 Å². The number of ether oxygens (including phenoxy) is 1. The Hall–Kier alpha value is -1.84. The summed E-state index contributed by atoms with van der Waals surface area (Å²) in [6.07, 6.45) is 0. The van der Waals surface area contributed by atoms with Crippen LogP contribution in [0.4, 0.5) is 0 Å². The average Bonchev–Trinajstić information content (AvgIpc) is 2.30. The average molecular weight is 235 g/mol. The highest BCUT2D eigenvalue weighted by atomic mass is 16.5. The fourth-order valence-corrected chi connectivity index (χ4v) is 1.51. The number of hydrogen-bond acceptors (Lipinski definition) is 3. The zero-order valence-electron chi connectivity index (χ0n) is 10.3. The Morgan fingerprint density at radius 2 is 1.82 bits per heavy atom. The summed E-state index contributed by atoms with van der Waals surface area (Å²) in [4.78, 5) is 24.3. The van der Waals surface area contributed by atoms with Gasteiger partial charge in [0.1, 0.15) is 6.61 Å². The molecule has 92 valence electrons. The molecule has 1 aromatic carbocycles. The van der Waals surface area contributed by atoms with E-state index in [0.29, 0.717) is 0 Å². The highest BCUT2D eigenvalue weighted by molar-refractivity contribution is 5.83. The molecule has 0 fully saturated rings. The van der Waals surface area contributed by atoms with E-state index in [1.807, 2.05) is 30.3 Å². The van der Waals surface area contributed by atoms with Crippen molar-refractivity contribution >= 4 is 11.9 Å². The van der Waals surface area contributed by atoms with Crippen LogP contribution in [0, 0.1) is 0 Å². The van der Waals surface area contributed by atoms with Gasteiger partial charge in [-0.3, -0.25) is 9.59 Å². The molecule has 0 aromatic heterocycles. The maximum absolute atomic E-state index is 12.0. The first-order chi connectivity index (χ1) is 8.02. The number of nitrogens with zero attached hydrogens (tertiary/aromatic N) is 1. The Bertz CT molecular complexity index is 387. The van der Waals surface area contributed by atoms with Gasteiger partial charge < -0.3 is 9.64 Å². The van der Waals surface area contributed by atoms with Crippen molar-refractivity contribution in [2.45, 2.75) is 12.8 Å². The smallest absolute Gasteiger partial charge is 0.302 e. The molecule has 4 heteroatoms. The fraction of sp³-hybridized carbons (Fsp3) is 0.385. The molecule has 0 aliphatic rings. The van der Waals surface area contributed by atoms with E-state index in [1.165, 1.54) is 11.8 Å². The van der Waals surface area contributed by atoms with Crippen LogP contribution in [0.25, 0.3) is 0 Å². The van der Waals surface area contributed by atoms with E-state index < -0.39 is 5.92 Å². The third-order valence-electron chi connectivity index (χ3n) is 2.39. The molecule has 1 aromatic rings. The van der Waals surface area contributed by atoms with E-state index in [4.69, 9.17) is 4.74 Å². The molecule has 0 aliphatic carbocycles. The second-order valence-electron chi connectivity index (χ2n) is 4.00. The normalized spacial score (nSPS) is 11.7. The first-order valence-corrected chi connectivity index (χ1v) is 5.42. The highest BCUT2D eigenvalue weighted by Gasteiger charge is 2.23. The Balaban J connectivity index is 2.86. The van der Waals surface area contributed by atoms with Gasteiger partial charge in [0, 0.05) is 21.0 Å². The van der Waals surface area contributed by atoms with E-state index in [0.717, 1.165) is 5.56 Å². The molecule has 0 saturated heterocycles. The summed E-state index contributed by atoms with van der Waals surface area (Å²) in [5.41, 5.74) is 0.854. The quantitative estimate of drug-likeness (QED) is 0.741. The molecule has 1 atom stereocenters. The maximum atomic E-state index is 12.0. The standard InChI is InChI=1S/C13H17NO3/c1-10(15)17-9-12(13(16)14(2)3)11-7-5-4-6-8-11/h4-8,12H,9H2,1-3H3. The van der Waals surface area contributed by atoms with Gasteiger partial charge in [-0.25, -0.2) is 0 Å². The van der Waals surface area contributed by atoms with Crippen molar-refractivity contribution in [3.63, 3.8) is 0 Å². The van der Waals surface area contributed by atoms with Crippen molar-refractivity contribution in [2.24, 2.45) is 0 Å². The van der Waals surface area contributed by atoms with Gasteiger partial charge in [0.05, 0.1) is 5.92 Å². The summed E-state index contributed by atoms with van der Waals surface area (Å²) in [5.74, 6) is -0.884. The topological polar surface area (TPSA) is 46.6 Å². The van der Waals surface area contributed by atoms with Crippen LogP contribution < -0.4 is 0 Å². The molecule has 0 N–H and O–H groups in total. The SMILES string of the molecule is CC(=O)OCC(C(=O)N(C)C)c1ccccc1. The van der Waals surface area contributed by atoms with E-state index in [1.54, 1.807) is 14.1 Å². The van der Waals surface area contributed by atoms with Crippen LogP contribution in [0.1, 0.15) is 18.4 Å². The molecule has 4 nitrogen and oxygen atoms in total. The fourth-order valence-electron chi connectivity index (χ4n) is 1.51. The minimum atomic E-state index is -0.435. The lowest BCUT2D eigenvalue weighted by molar-refractivity contribution is -0.143. The molecule has 0 bridgehead atoms. The molecule has 1 unspecified atom stereocenters. The van der Waals surface area contributed by atoms with E-state index in [2.05, 4.69) is 0 Å². The summed E-state index contributed by atoms with van der Waals surface area (Å²) in [6.45, 7) is 1.42. The summed E-state index contributed by atoms with van der Waals surface area (Å²) in [6, 6.07) is 9.32. The maximum Gasteiger partial charge on any atom is 0.302 e. The van der Waals surface area contributed by atoms with Gasteiger partial charge in [0.25, 0.3) is 0 Å². The number of benzene rings is 1. The number of likely N-dealkylation sites (N-methyl/N-ethyl adjacent to an activating group) is 1. The second kappa shape index (κ2) is 6.03. The van der Waals surface area contributed by atoms with Crippen LogP contribution in [0.5, 0.6) is 0 Å². The summed E-state index contributed by atoms with van der Waals surface area (Å²) in [5, 5.41) is 0. The minimum absolute atomic E-state index is 0.0718. The molecule has 0 spiro atoms. The molecule has 1 rings (SSSR count). The first-order valence-electron chi connectivity index (χ1n) is 5.42. The molecule has 0 saturated carbocycles. The van der Waals surface area contributed by atoms with E-state index >= 15 is 0 Å². The van der Waals surface area contributed by atoms with Crippen molar-refractivity contribution in [1.29, 1.82) is 0 Å². The summed E-state index contributed by atoms with van der Waals surface area (Å²) < 4.78 is 4.94. The molecular formula is C13H17NO3. The van der Waals surface area contributed by atoms with Crippen LogP contribution in [0.3, 0.4) is 0 Å². The van der Waals surface area contributed by atoms with Crippen LogP contribution in [0.15, 0.2) is 30.3 Å². The van der Waals surface area contributed by atoms with Gasteiger partial charge in [-0.2, -0.15) is 0 Å². The van der Waals surface area contributed by atoms with Gasteiger partial charge in [0.2, 0.25) is 5.91 Å². The third-order valence-corrected chi connectivity index (χ3v) is 2.39. The third kappa shape index (κ3) is 3.90. The van der Waals surface area contributed by atoms with Gasteiger partial charge in [-0.1, -0.05) is 30.3 Å². The van der Waals surface area contributed by atoms with Gasteiger partial charge in [-0.05, 0) is 5.56 Å². The summed E-state index contributed by atoms with van der Waals surface area (Å²) >= 11 is 0. The van der Waals surface area contributed by atoms with Gasteiger partial charge in [-0.15, -0.1) is 0 Å². The second-order valence-corrected chi connectivity index (χ2v) is 4.00. The Kier molecular flexibility index (Phi) is 4.69. The van der Waals surface area contributed by atoms with E-state index in [9.17, 15) is 9.59 Å². The minimum Gasteiger partial charge on any atom is -0.465 e. The first kappa shape index (κ1) is 13.2. The molecule has 17 heavy (non-hydrogen) atoms.